The first-order valence-electron chi connectivity index (χ1n) is 10.2. The second kappa shape index (κ2) is 9.33. The monoisotopic (exact) mass is 467 g/mol. The molecule has 3 aromatic rings. The number of nitrogens with one attached hydrogen (secondary N) is 1. The summed E-state index contributed by atoms with van der Waals surface area (Å²) in [5.74, 6) is -0.0920. The Bertz CT molecular complexity index is 1230. The molecule has 10 nitrogen and oxygen atoms in total. The molecule has 2 aromatic carbocycles. The zero-order valence-corrected chi connectivity index (χ0v) is 18.8. The van der Waals surface area contributed by atoms with Gasteiger partial charge in [0.15, 0.2) is 0 Å². The molecule has 0 spiro atoms. The molecule has 11 heteroatoms. The van der Waals surface area contributed by atoms with Crippen LogP contribution in [-0.4, -0.2) is 51.5 Å². The van der Waals surface area contributed by atoms with E-state index in [0.717, 1.165) is 5.56 Å². The van der Waals surface area contributed by atoms with E-state index in [-0.39, 0.29) is 17.2 Å². The first-order valence-corrected chi connectivity index (χ1v) is 11.0. The number of amides is 2. The van der Waals surface area contributed by atoms with Crippen LogP contribution in [-0.2, 0) is 4.79 Å². The van der Waals surface area contributed by atoms with Crippen molar-refractivity contribution in [2.24, 2.45) is 0 Å². The Kier molecular flexibility index (Phi) is 6.31. The van der Waals surface area contributed by atoms with Gasteiger partial charge < -0.3 is 9.64 Å². The largest absolute Gasteiger partial charge is 0.497 e. The summed E-state index contributed by atoms with van der Waals surface area (Å²) in [5.41, 5.74) is 1.34. The average molecular weight is 468 g/mol. The van der Waals surface area contributed by atoms with E-state index in [4.69, 9.17) is 4.74 Å². The standard InChI is InChI=1S/C22H21N5O5S/c1-13-8-9-15(12-18(13)27(30)31)21(29)26-10-4-7-17(26)19(28)23-22-25-24-20(33-22)14-5-3-6-16(11-14)32-2/h3,5-6,8-9,11-12,17H,4,7,10H2,1-2H3,(H,23,25,28). The van der Waals surface area contributed by atoms with Crippen LogP contribution in [0.5, 0.6) is 5.75 Å². The number of rotatable bonds is 6. The molecular formula is C22H21N5O5S. The summed E-state index contributed by atoms with van der Waals surface area (Å²) in [4.78, 5) is 38.1. The van der Waals surface area contributed by atoms with E-state index in [1.807, 2.05) is 24.3 Å². The first kappa shape index (κ1) is 22.3. The third kappa shape index (κ3) is 4.67. The molecule has 2 amide bonds. The predicted octanol–water partition coefficient (Wildman–Crippen LogP) is 3.67. The SMILES string of the molecule is COc1cccc(-c2nnc(NC(=O)C3CCCN3C(=O)c3ccc(C)c([N+](=O)[O-])c3)s2)c1. The smallest absolute Gasteiger partial charge is 0.273 e. The van der Waals surface area contributed by atoms with E-state index in [0.29, 0.717) is 40.8 Å². The zero-order valence-electron chi connectivity index (χ0n) is 18.0. The lowest BCUT2D eigenvalue weighted by molar-refractivity contribution is -0.385. The highest BCUT2D eigenvalue weighted by atomic mass is 32.1. The molecule has 4 rings (SSSR count). The van der Waals surface area contributed by atoms with Crippen LogP contribution < -0.4 is 10.1 Å². The van der Waals surface area contributed by atoms with Crippen LogP contribution in [0.1, 0.15) is 28.8 Å². The van der Waals surface area contributed by atoms with Crippen LogP contribution in [0.2, 0.25) is 0 Å². The Balaban J connectivity index is 1.48. The number of nitro groups is 1. The fraction of sp³-hybridized carbons (Fsp3) is 0.273. The third-order valence-corrected chi connectivity index (χ3v) is 6.33. The molecule has 0 radical (unpaired) electrons. The maximum Gasteiger partial charge on any atom is 0.273 e. The molecule has 1 aliphatic rings. The number of benzene rings is 2. The number of hydrogen-bond acceptors (Lipinski definition) is 8. The minimum Gasteiger partial charge on any atom is -0.497 e. The molecule has 1 aliphatic heterocycles. The number of anilines is 1. The molecule has 0 saturated carbocycles. The number of nitrogens with zero attached hydrogens (tertiary/aromatic N) is 4. The Morgan fingerprint density at radius 1 is 1.24 bits per heavy atom. The number of aromatic nitrogens is 2. The minimum atomic E-state index is -0.693. The van der Waals surface area contributed by atoms with E-state index < -0.39 is 16.9 Å². The summed E-state index contributed by atoms with van der Waals surface area (Å²) < 4.78 is 5.22. The number of nitro benzene ring substituents is 1. The van der Waals surface area contributed by atoms with Gasteiger partial charge in [-0.3, -0.25) is 25.0 Å². The maximum absolute atomic E-state index is 13.0. The van der Waals surface area contributed by atoms with Crippen molar-refractivity contribution in [2.45, 2.75) is 25.8 Å². The average Bonchev–Trinajstić information content (AvgIpc) is 3.49. The summed E-state index contributed by atoms with van der Waals surface area (Å²) in [5, 5.41) is 23.1. The molecule has 0 aliphatic carbocycles. The Morgan fingerprint density at radius 2 is 2.06 bits per heavy atom. The van der Waals surface area contributed by atoms with Crippen LogP contribution in [0.15, 0.2) is 42.5 Å². The van der Waals surface area contributed by atoms with Gasteiger partial charge in [-0.1, -0.05) is 29.5 Å². The summed E-state index contributed by atoms with van der Waals surface area (Å²) in [6.45, 7) is 2.00. The van der Waals surface area contributed by atoms with Gasteiger partial charge in [-0.15, -0.1) is 10.2 Å². The Hall–Kier alpha value is -3.86. The zero-order chi connectivity index (χ0) is 23.5. The van der Waals surface area contributed by atoms with E-state index >= 15 is 0 Å². The molecule has 2 heterocycles. The van der Waals surface area contributed by atoms with Gasteiger partial charge in [-0.25, -0.2) is 0 Å². The van der Waals surface area contributed by atoms with Crippen molar-refractivity contribution < 1.29 is 19.2 Å². The van der Waals surface area contributed by atoms with Crippen LogP contribution >= 0.6 is 11.3 Å². The van der Waals surface area contributed by atoms with E-state index in [1.54, 1.807) is 20.1 Å². The van der Waals surface area contributed by atoms with Crippen LogP contribution in [0.4, 0.5) is 10.8 Å². The second-order valence-electron chi connectivity index (χ2n) is 7.55. The first-order chi connectivity index (χ1) is 15.9. The molecule has 1 fully saturated rings. The lowest BCUT2D eigenvalue weighted by Crippen LogP contribution is -2.43. The van der Waals surface area contributed by atoms with Crippen molar-refractivity contribution >= 4 is 34.0 Å². The molecule has 1 N–H and O–H groups in total. The van der Waals surface area contributed by atoms with Crippen molar-refractivity contribution in [1.29, 1.82) is 0 Å². The van der Waals surface area contributed by atoms with Crippen molar-refractivity contribution in [3.8, 4) is 16.3 Å². The van der Waals surface area contributed by atoms with Crippen molar-refractivity contribution in [2.75, 3.05) is 19.0 Å². The number of methoxy groups -OCH3 is 1. The number of carbonyl (C=O) groups excluding carboxylic acids is 2. The van der Waals surface area contributed by atoms with Crippen LogP contribution in [0.3, 0.4) is 0 Å². The summed E-state index contributed by atoms with van der Waals surface area (Å²) >= 11 is 1.22. The fourth-order valence-electron chi connectivity index (χ4n) is 3.72. The highest BCUT2D eigenvalue weighted by Gasteiger charge is 2.35. The molecule has 170 valence electrons. The van der Waals surface area contributed by atoms with Gasteiger partial charge in [0.1, 0.15) is 16.8 Å². The van der Waals surface area contributed by atoms with Gasteiger partial charge in [0, 0.05) is 29.3 Å². The van der Waals surface area contributed by atoms with Crippen LogP contribution in [0.25, 0.3) is 10.6 Å². The number of aryl methyl sites for hydroxylation is 1. The Morgan fingerprint density at radius 3 is 2.82 bits per heavy atom. The van der Waals surface area contributed by atoms with E-state index in [1.165, 1.54) is 28.4 Å². The lowest BCUT2D eigenvalue weighted by Gasteiger charge is -2.23. The minimum absolute atomic E-state index is 0.125. The van der Waals surface area contributed by atoms with Gasteiger partial charge in [0.2, 0.25) is 11.0 Å². The third-order valence-electron chi connectivity index (χ3n) is 5.44. The van der Waals surface area contributed by atoms with Gasteiger partial charge in [0.05, 0.1) is 12.0 Å². The highest BCUT2D eigenvalue weighted by Crippen LogP contribution is 2.30. The van der Waals surface area contributed by atoms with Gasteiger partial charge in [0.25, 0.3) is 11.6 Å². The van der Waals surface area contributed by atoms with Crippen molar-refractivity contribution in [3.63, 3.8) is 0 Å². The molecule has 1 unspecified atom stereocenters. The van der Waals surface area contributed by atoms with Crippen molar-refractivity contribution in [3.05, 3.63) is 63.7 Å². The molecular weight excluding hydrogens is 446 g/mol. The number of carbonyl (C=O) groups is 2. The predicted molar refractivity (Wildman–Crippen MR) is 122 cm³/mol. The lowest BCUT2D eigenvalue weighted by atomic mass is 10.1. The summed E-state index contributed by atoms with van der Waals surface area (Å²) in [7, 11) is 1.58. The second-order valence-corrected chi connectivity index (χ2v) is 8.53. The summed E-state index contributed by atoms with van der Waals surface area (Å²) in [6.07, 6.45) is 1.15. The molecule has 0 bridgehead atoms. The highest BCUT2D eigenvalue weighted by molar-refractivity contribution is 7.18. The van der Waals surface area contributed by atoms with Crippen molar-refractivity contribution in [1.82, 2.24) is 15.1 Å². The quantitative estimate of drug-likeness (QED) is 0.433. The van der Waals surface area contributed by atoms with Gasteiger partial charge >= 0.3 is 0 Å². The maximum atomic E-state index is 13.0. The molecule has 33 heavy (non-hydrogen) atoms. The van der Waals surface area contributed by atoms with E-state index in [9.17, 15) is 19.7 Å². The Labute approximate surface area is 193 Å². The molecule has 1 saturated heterocycles. The number of likely N-dealkylation sites (tertiary alicyclic amines) is 1. The topological polar surface area (TPSA) is 128 Å². The number of ether oxygens (including phenoxy) is 1. The molecule has 1 aromatic heterocycles. The molecule has 1 atom stereocenters. The number of hydrogen-bond donors (Lipinski definition) is 1. The van der Waals surface area contributed by atoms with Gasteiger partial charge in [-0.05, 0) is 38.0 Å². The fourth-order valence-corrected chi connectivity index (χ4v) is 4.47. The summed E-state index contributed by atoms with van der Waals surface area (Å²) in [6, 6.07) is 11.0. The van der Waals surface area contributed by atoms with Crippen LogP contribution in [0, 0.1) is 17.0 Å². The normalized spacial score (nSPS) is 15.3. The van der Waals surface area contributed by atoms with Gasteiger partial charge in [-0.2, -0.15) is 0 Å². The van der Waals surface area contributed by atoms with E-state index in [2.05, 4.69) is 15.5 Å².